The summed E-state index contributed by atoms with van der Waals surface area (Å²) in [5, 5.41) is 5.41. The van der Waals surface area contributed by atoms with Crippen molar-refractivity contribution in [2.45, 2.75) is 0 Å². The molecule has 2 aromatic carbocycles. The van der Waals surface area contributed by atoms with Gasteiger partial charge >= 0.3 is 0 Å². The number of carbonyl (C=O) groups is 1. The van der Waals surface area contributed by atoms with Crippen molar-refractivity contribution in [3.05, 3.63) is 83.0 Å². The molecule has 0 spiro atoms. The maximum absolute atomic E-state index is 13.6. The molecule has 0 saturated carbocycles. The van der Waals surface area contributed by atoms with Gasteiger partial charge < -0.3 is 10.6 Å². The van der Waals surface area contributed by atoms with E-state index in [1.54, 1.807) is 12.1 Å². The molecule has 0 bridgehead atoms. The van der Waals surface area contributed by atoms with Crippen LogP contribution in [0, 0.1) is 11.6 Å². The molecule has 0 fully saturated rings. The third-order valence-corrected chi connectivity index (χ3v) is 3.63. The fourth-order valence-corrected chi connectivity index (χ4v) is 2.26. The normalized spacial score (nSPS) is 10.4. The Hall–Kier alpha value is -2.99. The molecule has 3 aromatic rings. The van der Waals surface area contributed by atoms with Crippen LogP contribution in [0.15, 0.2) is 60.8 Å². The molecule has 1 aromatic heterocycles. The predicted octanol–water partition coefficient (Wildman–Crippen LogP) is 5.01. The molecule has 4 nitrogen and oxygen atoms in total. The average molecular weight is 360 g/mol. The number of hydrogen-bond donors (Lipinski definition) is 2. The van der Waals surface area contributed by atoms with Gasteiger partial charge in [-0.15, -0.1) is 0 Å². The molecule has 25 heavy (non-hydrogen) atoms. The van der Waals surface area contributed by atoms with E-state index in [4.69, 9.17) is 11.6 Å². The van der Waals surface area contributed by atoms with Crippen molar-refractivity contribution in [3.8, 4) is 0 Å². The molecule has 0 atom stereocenters. The van der Waals surface area contributed by atoms with E-state index >= 15 is 0 Å². The van der Waals surface area contributed by atoms with Crippen LogP contribution < -0.4 is 10.6 Å². The van der Waals surface area contributed by atoms with Gasteiger partial charge in [0.2, 0.25) is 0 Å². The minimum atomic E-state index is -0.518. The van der Waals surface area contributed by atoms with Gasteiger partial charge in [-0.2, -0.15) is 0 Å². The summed E-state index contributed by atoms with van der Waals surface area (Å²) in [7, 11) is 0. The fraction of sp³-hybridized carbons (Fsp3) is 0. The highest BCUT2D eigenvalue weighted by Gasteiger charge is 2.09. The van der Waals surface area contributed by atoms with Crippen LogP contribution in [-0.4, -0.2) is 10.9 Å². The van der Waals surface area contributed by atoms with Gasteiger partial charge in [-0.05, 0) is 42.5 Å². The summed E-state index contributed by atoms with van der Waals surface area (Å²) in [6.45, 7) is 0. The number of pyridine rings is 1. The van der Waals surface area contributed by atoms with Crippen molar-refractivity contribution < 1.29 is 13.6 Å². The first kappa shape index (κ1) is 16.9. The van der Waals surface area contributed by atoms with E-state index in [-0.39, 0.29) is 16.3 Å². The minimum Gasteiger partial charge on any atom is -0.340 e. The molecule has 3 rings (SSSR count). The van der Waals surface area contributed by atoms with Crippen molar-refractivity contribution in [1.29, 1.82) is 0 Å². The van der Waals surface area contributed by atoms with Crippen molar-refractivity contribution in [1.82, 2.24) is 4.98 Å². The lowest BCUT2D eigenvalue weighted by molar-refractivity contribution is 0.102. The van der Waals surface area contributed by atoms with E-state index in [0.29, 0.717) is 11.5 Å². The van der Waals surface area contributed by atoms with Crippen LogP contribution in [0.4, 0.5) is 26.0 Å². The highest BCUT2D eigenvalue weighted by Crippen LogP contribution is 2.22. The van der Waals surface area contributed by atoms with Gasteiger partial charge in [0.05, 0.1) is 16.3 Å². The molecule has 0 unspecified atom stereocenters. The maximum atomic E-state index is 13.6. The highest BCUT2D eigenvalue weighted by atomic mass is 35.5. The van der Waals surface area contributed by atoms with Crippen molar-refractivity contribution in [3.63, 3.8) is 0 Å². The summed E-state index contributed by atoms with van der Waals surface area (Å²) in [4.78, 5) is 16.2. The molecule has 7 heteroatoms. The average Bonchev–Trinajstić information content (AvgIpc) is 2.61. The first-order valence-corrected chi connectivity index (χ1v) is 7.65. The van der Waals surface area contributed by atoms with E-state index < -0.39 is 17.5 Å². The highest BCUT2D eigenvalue weighted by molar-refractivity contribution is 6.31. The van der Waals surface area contributed by atoms with Crippen molar-refractivity contribution >= 4 is 34.7 Å². The SMILES string of the molecule is O=C(Nc1ccccc1F)c1ccc(Nc2ccc(F)c(Cl)c2)nc1. The number of para-hydroxylation sites is 1. The molecule has 0 aliphatic heterocycles. The topological polar surface area (TPSA) is 54.0 Å². The second kappa shape index (κ2) is 7.27. The van der Waals surface area contributed by atoms with Gasteiger partial charge in [0.25, 0.3) is 5.91 Å². The molecular weight excluding hydrogens is 348 g/mol. The van der Waals surface area contributed by atoms with Crippen LogP contribution in [0.25, 0.3) is 0 Å². The summed E-state index contributed by atoms with van der Waals surface area (Å²) in [5.74, 6) is -1.06. The third kappa shape index (κ3) is 4.10. The van der Waals surface area contributed by atoms with Crippen molar-refractivity contribution in [2.24, 2.45) is 0 Å². The lowest BCUT2D eigenvalue weighted by atomic mass is 10.2. The van der Waals surface area contributed by atoms with E-state index in [1.165, 1.54) is 48.7 Å². The number of rotatable bonds is 4. The van der Waals surface area contributed by atoms with Crippen LogP contribution >= 0.6 is 11.6 Å². The number of nitrogens with one attached hydrogen (secondary N) is 2. The molecular formula is C18H12ClF2N3O. The number of halogens is 3. The summed E-state index contributed by atoms with van der Waals surface area (Å²) in [5.41, 5.74) is 0.920. The Bertz CT molecular complexity index is 916. The Morgan fingerprint density at radius 3 is 2.48 bits per heavy atom. The first-order valence-electron chi connectivity index (χ1n) is 7.27. The Balaban J connectivity index is 1.70. The molecule has 126 valence electrons. The van der Waals surface area contributed by atoms with Gasteiger partial charge in [0.1, 0.15) is 17.5 Å². The fourth-order valence-electron chi connectivity index (χ4n) is 2.08. The number of anilines is 3. The molecule has 0 saturated heterocycles. The zero-order valence-corrected chi connectivity index (χ0v) is 13.5. The Kier molecular flexibility index (Phi) is 4.90. The first-order chi connectivity index (χ1) is 12.0. The van der Waals surface area contributed by atoms with Gasteiger partial charge in [-0.3, -0.25) is 4.79 Å². The summed E-state index contributed by atoms with van der Waals surface area (Å²) < 4.78 is 26.7. The van der Waals surface area contributed by atoms with Crippen LogP contribution in [-0.2, 0) is 0 Å². The predicted molar refractivity (Wildman–Crippen MR) is 93.3 cm³/mol. The van der Waals surface area contributed by atoms with Crippen LogP contribution in [0.3, 0.4) is 0 Å². The van der Waals surface area contributed by atoms with Gasteiger partial charge in [0.15, 0.2) is 0 Å². The quantitative estimate of drug-likeness (QED) is 0.688. The molecule has 0 aliphatic carbocycles. The second-order valence-corrected chi connectivity index (χ2v) is 5.53. The van der Waals surface area contributed by atoms with Crippen LogP contribution in [0.2, 0.25) is 5.02 Å². The maximum Gasteiger partial charge on any atom is 0.257 e. The molecule has 1 amide bonds. The number of nitrogens with zero attached hydrogens (tertiary/aromatic N) is 1. The Morgan fingerprint density at radius 2 is 1.80 bits per heavy atom. The number of aromatic nitrogens is 1. The standard InChI is InChI=1S/C18H12ClF2N3O/c19-13-9-12(6-7-14(13)20)23-17-8-5-11(10-22-17)18(25)24-16-4-2-1-3-15(16)21/h1-10H,(H,22,23)(H,24,25). The van der Waals surface area contributed by atoms with E-state index in [1.807, 2.05) is 0 Å². The third-order valence-electron chi connectivity index (χ3n) is 3.34. The van der Waals surface area contributed by atoms with Crippen LogP contribution in [0.5, 0.6) is 0 Å². The zero-order chi connectivity index (χ0) is 17.8. The van der Waals surface area contributed by atoms with Gasteiger partial charge in [-0.25, -0.2) is 13.8 Å². The lowest BCUT2D eigenvalue weighted by Crippen LogP contribution is -2.13. The Labute approximate surface area is 147 Å². The second-order valence-electron chi connectivity index (χ2n) is 5.12. The molecule has 1 heterocycles. The van der Waals surface area contributed by atoms with Crippen molar-refractivity contribution in [2.75, 3.05) is 10.6 Å². The monoisotopic (exact) mass is 359 g/mol. The molecule has 0 aliphatic rings. The number of benzene rings is 2. The lowest BCUT2D eigenvalue weighted by Gasteiger charge is -2.08. The van der Waals surface area contributed by atoms with E-state index in [2.05, 4.69) is 15.6 Å². The van der Waals surface area contributed by atoms with Crippen LogP contribution in [0.1, 0.15) is 10.4 Å². The van der Waals surface area contributed by atoms with E-state index in [9.17, 15) is 13.6 Å². The summed E-state index contributed by atoms with van der Waals surface area (Å²) in [6.07, 6.45) is 1.35. The smallest absolute Gasteiger partial charge is 0.257 e. The number of hydrogen-bond acceptors (Lipinski definition) is 3. The van der Waals surface area contributed by atoms with Gasteiger partial charge in [0, 0.05) is 11.9 Å². The molecule has 2 N–H and O–H groups in total. The zero-order valence-electron chi connectivity index (χ0n) is 12.8. The van der Waals surface area contributed by atoms with E-state index in [0.717, 1.165) is 0 Å². The Morgan fingerprint density at radius 1 is 1.00 bits per heavy atom. The minimum absolute atomic E-state index is 0.00844. The number of carbonyl (C=O) groups excluding carboxylic acids is 1. The summed E-state index contributed by atoms with van der Waals surface area (Å²) >= 11 is 5.72. The summed E-state index contributed by atoms with van der Waals surface area (Å²) in [6, 6.07) is 13.2. The largest absolute Gasteiger partial charge is 0.340 e. The number of amides is 1. The molecule has 0 radical (unpaired) electrons. The van der Waals surface area contributed by atoms with Gasteiger partial charge in [-0.1, -0.05) is 23.7 Å².